The van der Waals surface area contributed by atoms with E-state index < -0.39 is 0 Å². The molecule has 0 saturated carbocycles. The zero-order valence-electron chi connectivity index (χ0n) is 8.97. The fourth-order valence-electron chi connectivity index (χ4n) is 1.19. The van der Waals surface area contributed by atoms with E-state index in [-0.39, 0.29) is 11.4 Å². The summed E-state index contributed by atoms with van der Waals surface area (Å²) in [6, 6.07) is 0. The molecular formula is C9H11N5O2. The summed E-state index contributed by atoms with van der Waals surface area (Å²) in [4.78, 5) is 19.5. The molecule has 0 spiro atoms. The molecule has 0 atom stereocenters. The van der Waals surface area contributed by atoms with Crippen molar-refractivity contribution in [1.82, 2.24) is 19.7 Å². The molecule has 0 unspecified atom stereocenters. The minimum atomic E-state index is -0.192. The lowest BCUT2D eigenvalue weighted by Crippen LogP contribution is -2.21. The molecule has 0 fully saturated rings. The number of nitrogens with one attached hydrogen (secondary N) is 1. The summed E-state index contributed by atoms with van der Waals surface area (Å²) < 4.78 is 6.24. The third kappa shape index (κ3) is 2.08. The maximum Gasteiger partial charge on any atom is 0.293 e. The Morgan fingerprint density at radius 3 is 3.06 bits per heavy atom. The van der Waals surface area contributed by atoms with E-state index in [0.717, 1.165) is 0 Å². The van der Waals surface area contributed by atoms with Crippen molar-refractivity contribution < 1.29 is 4.52 Å². The second-order valence-corrected chi connectivity index (χ2v) is 3.28. The highest BCUT2D eigenvalue weighted by Gasteiger charge is 2.05. The van der Waals surface area contributed by atoms with Gasteiger partial charge in [-0.1, -0.05) is 5.16 Å². The lowest BCUT2D eigenvalue weighted by Gasteiger charge is -2.02. The van der Waals surface area contributed by atoms with Crippen LogP contribution in [-0.2, 0) is 13.6 Å². The molecule has 0 radical (unpaired) electrons. The number of rotatable bonds is 3. The van der Waals surface area contributed by atoms with Gasteiger partial charge in [0, 0.05) is 26.4 Å². The number of aromatic nitrogens is 4. The van der Waals surface area contributed by atoms with Crippen molar-refractivity contribution in [3.63, 3.8) is 0 Å². The molecule has 2 rings (SSSR count). The van der Waals surface area contributed by atoms with Crippen molar-refractivity contribution in [2.24, 2.45) is 7.05 Å². The van der Waals surface area contributed by atoms with Crippen LogP contribution < -0.4 is 10.9 Å². The SMILES string of the molecule is Cc1nc(CNc2nccn(C)c2=O)no1. The maximum atomic E-state index is 11.6. The predicted octanol–water partition coefficient (Wildman–Crippen LogP) is 0.0838. The fourth-order valence-corrected chi connectivity index (χ4v) is 1.19. The van der Waals surface area contributed by atoms with Gasteiger partial charge >= 0.3 is 0 Å². The predicted molar refractivity (Wildman–Crippen MR) is 55.8 cm³/mol. The first-order valence-corrected chi connectivity index (χ1v) is 4.71. The van der Waals surface area contributed by atoms with E-state index in [0.29, 0.717) is 18.3 Å². The van der Waals surface area contributed by atoms with Crippen molar-refractivity contribution in [3.05, 3.63) is 34.5 Å². The molecule has 0 amide bonds. The summed E-state index contributed by atoms with van der Waals surface area (Å²) in [5, 5.41) is 6.55. The standard InChI is InChI=1S/C9H11N5O2/c1-6-12-7(13-16-6)5-11-8-9(15)14(2)4-3-10-8/h3-4H,5H2,1-2H3,(H,10,11). The lowest BCUT2D eigenvalue weighted by atomic mass is 10.5. The average Bonchev–Trinajstić information content (AvgIpc) is 2.67. The Morgan fingerprint density at radius 1 is 1.56 bits per heavy atom. The average molecular weight is 221 g/mol. The van der Waals surface area contributed by atoms with Gasteiger partial charge in [-0.05, 0) is 0 Å². The van der Waals surface area contributed by atoms with Crippen LogP contribution in [0.5, 0.6) is 0 Å². The van der Waals surface area contributed by atoms with Crippen LogP contribution in [0, 0.1) is 6.92 Å². The van der Waals surface area contributed by atoms with Crippen molar-refractivity contribution >= 4 is 5.82 Å². The highest BCUT2D eigenvalue weighted by Crippen LogP contribution is 1.98. The van der Waals surface area contributed by atoms with Crippen LogP contribution in [0.3, 0.4) is 0 Å². The number of aryl methyl sites for hydroxylation is 2. The summed E-state index contributed by atoms with van der Waals surface area (Å²) >= 11 is 0. The van der Waals surface area contributed by atoms with E-state index in [9.17, 15) is 4.79 Å². The van der Waals surface area contributed by atoms with E-state index in [1.165, 1.54) is 4.57 Å². The Balaban J connectivity index is 2.11. The first-order chi connectivity index (χ1) is 7.66. The van der Waals surface area contributed by atoms with Crippen molar-refractivity contribution in [1.29, 1.82) is 0 Å². The summed E-state index contributed by atoms with van der Waals surface area (Å²) in [6.45, 7) is 2.01. The molecule has 0 aliphatic rings. The molecule has 0 aromatic carbocycles. The molecule has 7 nitrogen and oxygen atoms in total. The van der Waals surface area contributed by atoms with Gasteiger partial charge < -0.3 is 14.4 Å². The summed E-state index contributed by atoms with van der Waals surface area (Å²) in [5.74, 6) is 1.25. The zero-order chi connectivity index (χ0) is 11.5. The summed E-state index contributed by atoms with van der Waals surface area (Å²) in [7, 11) is 1.66. The Bertz CT molecular complexity index is 545. The number of anilines is 1. The van der Waals surface area contributed by atoms with E-state index in [1.54, 1.807) is 26.4 Å². The Morgan fingerprint density at radius 2 is 2.38 bits per heavy atom. The summed E-state index contributed by atoms with van der Waals surface area (Å²) in [6.07, 6.45) is 3.14. The van der Waals surface area contributed by atoms with Gasteiger partial charge in [-0.25, -0.2) is 4.98 Å². The van der Waals surface area contributed by atoms with Crippen LogP contribution in [0.2, 0.25) is 0 Å². The third-order valence-corrected chi connectivity index (χ3v) is 2.00. The third-order valence-electron chi connectivity index (χ3n) is 2.00. The highest BCUT2D eigenvalue weighted by molar-refractivity contribution is 5.30. The smallest absolute Gasteiger partial charge is 0.293 e. The van der Waals surface area contributed by atoms with Crippen LogP contribution in [-0.4, -0.2) is 19.7 Å². The van der Waals surface area contributed by atoms with Gasteiger partial charge in [0.15, 0.2) is 11.6 Å². The molecule has 2 aromatic rings. The molecule has 2 aromatic heterocycles. The monoisotopic (exact) mass is 221 g/mol. The van der Waals surface area contributed by atoms with Gasteiger partial charge in [-0.3, -0.25) is 4.79 Å². The first kappa shape index (κ1) is 10.3. The Kier molecular flexibility index (Phi) is 2.67. The van der Waals surface area contributed by atoms with E-state index >= 15 is 0 Å². The fraction of sp³-hybridized carbons (Fsp3) is 0.333. The van der Waals surface area contributed by atoms with Crippen LogP contribution in [0.1, 0.15) is 11.7 Å². The minimum absolute atomic E-state index is 0.192. The molecule has 2 heterocycles. The van der Waals surface area contributed by atoms with Gasteiger partial charge in [0.1, 0.15) is 0 Å². The largest absolute Gasteiger partial charge is 0.358 e. The van der Waals surface area contributed by atoms with Gasteiger partial charge in [0.25, 0.3) is 5.56 Å². The number of hydrogen-bond donors (Lipinski definition) is 1. The van der Waals surface area contributed by atoms with Gasteiger partial charge in [0.05, 0.1) is 6.54 Å². The van der Waals surface area contributed by atoms with Crippen LogP contribution in [0.25, 0.3) is 0 Å². The molecule has 84 valence electrons. The van der Waals surface area contributed by atoms with E-state index in [2.05, 4.69) is 20.4 Å². The molecule has 7 heteroatoms. The van der Waals surface area contributed by atoms with Crippen LogP contribution in [0.15, 0.2) is 21.7 Å². The zero-order valence-corrected chi connectivity index (χ0v) is 8.97. The molecule has 0 bridgehead atoms. The van der Waals surface area contributed by atoms with Gasteiger partial charge in [-0.15, -0.1) is 0 Å². The highest BCUT2D eigenvalue weighted by atomic mass is 16.5. The first-order valence-electron chi connectivity index (χ1n) is 4.71. The van der Waals surface area contributed by atoms with Crippen molar-refractivity contribution in [2.45, 2.75) is 13.5 Å². The van der Waals surface area contributed by atoms with Gasteiger partial charge in [-0.2, -0.15) is 4.98 Å². The second-order valence-electron chi connectivity index (χ2n) is 3.28. The van der Waals surface area contributed by atoms with Crippen molar-refractivity contribution in [2.75, 3.05) is 5.32 Å². The molecular weight excluding hydrogens is 210 g/mol. The normalized spacial score (nSPS) is 10.4. The lowest BCUT2D eigenvalue weighted by molar-refractivity contribution is 0.388. The Labute approximate surface area is 91.1 Å². The molecule has 0 aliphatic carbocycles. The van der Waals surface area contributed by atoms with Gasteiger partial charge in [0.2, 0.25) is 5.89 Å². The van der Waals surface area contributed by atoms with Crippen LogP contribution >= 0.6 is 0 Å². The van der Waals surface area contributed by atoms with Crippen molar-refractivity contribution in [3.8, 4) is 0 Å². The van der Waals surface area contributed by atoms with E-state index in [4.69, 9.17) is 4.52 Å². The van der Waals surface area contributed by atoms with E-state index in [1.807, 2.05) is 0 Å². The Hall–Kier alpha value is -2.18. The minimum Gasteiger partial charge on any atom is -0.358 e. The second kappa shape index (κ2) is 4.13. The number of hydrogen-bond acceptors (Lipinski definition) is 6. The molecule has 0 saturated heterocycles. The molecule has 16 heavy (non-hydrogen) atoms. The molecule has 1 N–H and O–H groups in total. The quantitative estimate of drug-likeness (QED) is 0.790. The molecule has 0 aliphatic heterocycles. The number of nitrogens with zero attached hydrogens (tertiary/aromatic N) is 4. The maximum absolute atomic E-state index is 11.6. The topological polar surface area (TPSA) is 85.8 Å². The summed E-state index contributed by atoms with van der Waals surface area (Å²) in [5.41, 5.74) is -0.192. The van der Waals surface area contributed by atoms with Crippen LogP contribution in [0.4, 0.5) is 5.82 Å².